The van der Waals surface area contributed by atoms with Gasteiger partial charge >= 0.3 is 0 Å². The van der Waals surface area contributed by atoms with Crippen molar-refractivity contribution < 1.29 is 4.74 Å². The first-order valence-electron chi connectivity index (χ1n) is 7.10. The van der Waals surface area contributed by atoms with Crippen LogP contribution in [0, 0.1) is 11.8 Å². The van der Waals surface area contributed by atoms with Gasteiger partial charge in [-0.1, -0.05) is 18.6 Å². The summed E-state index contributed by atoms with van der Waals surface area (Å²) in [4.78, 5) is 0. The van der Waals surface area contributed by atoms with Gasteiger partial charge < -0.3 is 10.1 Å². The van der Waals surface area contributed by atoms with Gasteiger partial charge in [-0.2, -0.15) is 0 Å². The maximum absolute atomic E-state index is 5.45. The molecule has 1 saturated heterocycles. The first-order valence-corrected chi connectivity index (χ1v) is 7.10. The van der Waals surface area contributed by atoms with Crippen molar-refractivity contribution in [2.24, 2.45) is 11.8 Å². The average molecular weight is 237 g/mol. The smallest absolute Gasteiger partial charge is 0.0483 e. The average Bonchev–Trinajstić information content (AvgIpc) is 2.29. The Hall–Kier alpha value is -0.340. The Balaban J connectivity index is 1.88. The van der Waals surface area contributed by atoms with Crippen molar-refractivity contribution in [3.8, 4) is 0 Å². The summed E-state index contributed by atoms with van der Waals surface area (Å²) < 4.78 is 5.45. The van der Waals surface area contributed by atoms with E-state index in [0.29, 0.717) is 5.54 Å². The molecule has 1 heterocycles. The van der Waals surface area contributed by atoms with E-state index >= 15 is 0 Å². The van der Waals surface area contributed by atoms with E-state index in [-0.39, 0.29) is 0 Å². The number of ether oxygens (including phenoxy) is 1. The van der Waals surface area contributed by atoms with Crippen LogP contribution in [0.25, 0.3) is 0 Å². The zero-order valence-corrected chi connectivity index (χ0v) is 11.6. The monoisotopic (exact) mass is 237 g/mol. The van der Waals surface area contributed by atoms with E-state index in [1.54, 1.807) is 5.57 Å². The molecule has 0 saturated carbocycles. The lowest BCUT2D eigenvalue weighted by atomic mass is 9.79. The first-order chi connectivity index (χ1) is 8.11. The number of rotatable bonds is 3. The third-order valence-electron chi connectivity index (χ3n) is 4.71. The maximum atomic E-state index is 5.45. The van der Waals surface area contributed by atoms with E-state index in [1.165, 1.54) is 12.8 Å². The standard InChI is InChI=1S/C15H27NO/c1-12-5-4-6-13(2)14(12)11-16-15(3)7-9-17-10-8-15/h5,13-14,16H,4,6-11H2,1-3H3/t13-,14+/m0/s1. The van der Waals surface area contributed by atoms with Crippen LogP contribution in [0.2, 0.25) is 0 Å². The molecule has 98 valence electrons. The highest BCUT2D eigenvalue weighted by molar-refractivity contribution is 5.09. The van der Waals surface area contributed by atoms with Gasteiger partial charge in [-0.15, -0.1) is 0 Å². The largest absolute Gasteiger partial charge is 0.381 e. The Bertz CT molecular complexity index is 279. The minimum atomic E-state index is 0.301. The van der Waals surface area contributed by atoms with Gasteiger partial charge in [0.15, 0.2) is 0 Å². The fourth-order valence-corrected chi connectivity index (χ4v) is 3.09. The SMILES string of the molecule is CC1=CCC[C@H](C)[C@@H]1CNC1(C)CCOCC1. The number of nitrogens with one attached hydrogen (secondary N) is 1. The van der Waals surface area contributed by atoms with Gasteiger partial charge in [0.05, 0.1) is 0 Å². The minimum absolute atomic E-state index is 0.301. The molecule has 0 spiro atoms. The van der Waals surface area contributed by atoms with E-state index in [4.69, 9.17) is 4.74 Å². The second kappa shape index (κ2) is 5.53. The summed E-state index contributed by atoms with van der Waals surface area (Å²) in [6, 6.07) is 0. The van der Waals surface area contributed by atoms with Crippen molar-refractivity contribution in [1.29, 1.82) is 0 Å². The summed E-state index contributed by atoms with van der Waals surface area (Å²) in [7, 11) is 0. The van der Waals surface area contributed by atoms with Crippen LogP contribution in [-0.2, 0) is 4.74 Å². The van der Waals surface area contributed by atoms with Crippen molar-refractivity contribution in [2.75, 3.05) is 19.8 Å². The molecule has 1 aliphatic carbocycles. The molecule has 1 N–H and O–H groups in total. The van der Waals surface area contributed by atoms with Gasteiger partial charge in [-0.3, -0.25) is 0 Å². The predicted octanol–water partition coefficient (Wildman–Crippen LogP) is 3.14. The van der Waals surface area contributed by atoms with Crippen LogP contribution in [0.3, 0.4) is 0 Å². The highest BCUT2D eigenvalue weighted by Gasteiger charge is 2.29. The van der Waals surface area contributed by atoms with Crippen molar-refractivity contribution >= 4 is 0 Å². The summed E-state index contributed by atoms with van der Waals surface area (Å²) in [6.07, 6.45) is 7.35. The zero-order valence-electron chi connectivity index (χ0n) is 11.6. The van der Waals surface area contributed by atoms with Crippen LogP contribution in [0.1, 0.15) is 46.5 Å². The summed E-state index contributed by atoms with van der Waals surface area (Å²) in [6.45, 7) is 10.0. The second-order valence-electron chi connectivity index (χ2n) is 6.16. The normalized spacial score (nSPS) is 33.2. The van der Waals surface area contributed by atoms with Crippen LogP contribution >= 0.6 is 0 Å². The third-order valence-corrected chi connectivity index (χ3v) is 4.71. The molecule has 2 atom stereocenters. The van der Waals surface area contributed by atoms with Crippen molar-refractivity contribution in [3.05, 3.63) is 11.6 Å². The van der Waals surface area contributed by atoms with Crippen LogP contribution in [0.4, 0.5) is 0 Å². The highest BCUT2D eigenvalue weighted by Crippen LogP contribution is 2.30. The number of hydrogen-bond acceptors (Lipinski definition) is 2. The van der Waals surface area contributed by atoms with E-state index in [9.17, 15) is 0 Å². The maximum Gasteiger partial charge on any atom is 0.0483 e. The molecular weight excluding hydrogens is 210 g/mol. The van der Waals surface area contributed by atoms with Gasteiger partial charge in [0.1, 0.15) is 0 Å². The quantitative estimate of drug-likeness (QED) is 0.761. The molecule has 0 aromatic carbocycles. The number of allylic oxidation sites excluding steroid dienone is 1. The van der Waals surface area contributed by atoms with Gasteiger partial charge in [0.2, 0.25) is 0 Å². The van der Waals surface area contributed by atoms with Crippen molar-refractivity contribution in [1.82, 2.24) is 5.32 Å². The highest BCUT2D eigenvalue weighted by atomic mass is 16.5. The molecule has 1 aliphatic heterocycles. The lowest BCUT2D eigenvalue weighted by Crippen LogP contribution is -2.49. The van der Waals surface area contributed by atoms with E-state index in [1.807, 2.05) is 0 Å². The van der Waals surface area contributed by atoms with E-state index in [0.717, 1.165) is 44.4 Å². The molecular formula is C15H27NO. The summed E-state index contributed by atoms with van der Waals surface area (Å²) in [5.74, 6) is 1.57. The summed E-state index contributed by atoms with van der Waals surface area (Å²) >= 11 is 0. The Morgan fingerprint density at radius 2 is 2.12 bits per heavy atom. The molecule has 0 amide bonds. The molecule has 0 bridgehead atoms. The van der Waals surface area contributed by atoms with Gasteiger partial charge in [-0.05, 0) is 51.4 Å². The molecule has 0 aromatic rings. The Labute approximate surface area is 106 Å². The minimum Gasteiger partial charge on any atom is -0.381 e. The fourth-order valence-electron chi connectivity index (χ4n) is 3.09. The van der Waals surface area contributed by atoms with Gasteiger partial charge in [0.25, 0.3) is 0 Å². The Morgan fingerprint density at radius 1 is 1.41 bits per heavy atom. The summed E-state index contributed by atoms with van der Waals surface area (Å²) in [5.41, 5.74) is 1.89. The number of hydrogen-bond donors (Lipinski definition) is 1. The molecule has 0 radical (unpaired) electrons. The lowest BCUT2D eigenvalue weighted by molar-refractivity contribution is 0.0432. The van der Waals surface area contributed by atoms with Crippen LogP contribution in [-0.4, -0.2) is 25.3 Å². The van der Waals surface area contributed by atoms with Crippen molar-refractivity contribution in [2.45, 2.75) is 52.0 Å². The lowest BCUT2D eigenvalue weighted by Gasteiger charge is -2.38. The van der Waals surface area contributed by atoms with Crippen LogP contribution in [0.15, 0.2) is 11.6 Å². The molecule has 0 aromatic heterocycles. The molecule has 2 nitrogen and oxygen atoms in total. The van der Waals surface area contributed by atoms with Gasteiger partial charge in [-0.25, -0.2) is 0 Å². The molecule has 1 fully saturated rings. The summed E-state index contributed by atoms with van der Waals surface area (Å²) in [5, 5.41) is 3.81. The van der Waals surface area contributed by atoms with E-state index in [2.05, 4.69) is 32.2 Å². The van der Waals surface area contributed by atoms with Crippen molar-refractivity contribution in [3.63, 3.8) is 0 Å². The van der Waals surface area contributed by atoms with Crippen LogP contribution < -0.4 is 5.32 Å². The Morgan fingerprint density at radius 3 is 2.76 bits per heavy atom. The predicted molar refractivity (Wildman–Crippen MR) is 72.1 cm³/mol. The fraction of sp³-hybridized carbons (Fsp3) is 0.867. The Kier molecular flexibility index (Phi) is 4.26. The molecule has 0 unspecified atom stereocenters. The first kappa shape index (κ1) is 13.1. The van der Waals surface area contributed by atoms with E-state index < -0.39 is 0 Å². The zero-order chi connectivity index (χ0) is 12.3. The van der Waals surface area contributed by atoms with Gasteiger partial charge in [0, 0.05) is 25.3 Å². The molecule has 2 aliphatic rings. The van der Waals surface area contributed by atoms with Crippen LogP contribution in [0.5, 0.6) is 0 Å². The third kappa shape index (κ3) is 3.32. The topological polar surface area (TPSA) is 21.3 Å². The molecule has 2 rings (SSSR count). The molecule has 2 heteroatoms. The molecule has 17 heavy (non-hydrogen) atoms. The second-order valence-corrected chi connectivity index (χ2v) is 6.16.